The van der Waals surface area contributed by atoms with E-state index in [4.69, 9.17) is 16.0 Å². The lowest BCUT2D eigenvalue weighted by atomic mass is 10.2. The molecule has 0 spiro atoms. The highest BCUT2D eigenvalue weighted by Gasteiger charge is 2.17. The van der Waals surface area contributed by atoms with E-state index in [9.17, 15) is 14.5 Å². The topological polar surface area (TPSA) is 69.2 Å². The molecule has 0 N–H and O–H groups in total. The van der Waals surface area contributed by atoms with Crippen LogP contribution in [0.4, 0.5) is 10.1 Å². The molecular weight excluding hydrogens is 287 g/mol. The molecule has 0 aliphatic heterocycles. The minimum atomic E-state index is -0.571. The predicted octanol–water partition coefficient (Wildman–Crippen LogP) is 4.20. The van der Waals surface area contributed by atoms with Crippen LogP contribution in [0.5, 0.6) is 0 Å². The molecule has 3 rings (SSSR count). The Kier molecular flexibility index (Phi) is 2.87. The largest absolute Gasteiger partial charge is 0.436 e. The summed E-state index contributed by atoms with van der Waals surface area (Å²) < 4.78 is 19.1. The maximum Gasteiger partial charge on any atom is 0.273 e. The van der Waals surface area contributed by atoms with Gasteiger partial charge < -0.3 is 4.42 Å². The zero-order valence-corrected chi connectivity index (χ0v) is 10.6. The Morgan fingerprint density at radius 1 is 1.30 bits per heavy atom. The van der Waals surface area contributed by atoms with Gasteiger partial charge in [0.15, 0.2) is 5.58 Å². The molecule has 2 aromatic carbocycles. The van der Waals surface area contributed by atoms with Crippen LogP contribution < -0.4 is 0 Å². The van der Waals surface area contributed by atoms with Crippen LogP contribution in [0.25, 0.3) is 22.6 Å². The maximum absolute atomic E-state index is 13.8. The summed E-state index contributed by atoms with van der Waals surface area (Å²) in [5.41, 5.74) is 0.506. The Balaban J connectivity index is 2.21. The van der Waals surface area contributed by atoms with Gasteiger partial charge in [0.05, 0.1) is 21.6 Å². The van der Waals surface area contributed by atoms with Crippen LogP contribution in [0, 0.1) is 15.9 Å². The number of nitro benzene ring substituents is 1. The lowest BCUT2D eigenvalue weighted by molar-refractivity contribution is -0.384. The summed E-state index contributed by atoms with van der Waals surface area (Å²) in [6.45, 7) is 0. The van der Waals surface area contributed by atoms with E-state index in [1.807, 2.05) is 0 Å². The van der Waals surface area contributed by atoms with Crippen molar-refractivity contribution in [3.8, 4) is 11.5 Å². The molecule has 0 aliphatic rings. The van der Waals surface area contributed by atoms with Crippen molar-refractivity contribution in [2.45, 2.75) is 0 Å². The quantitative estimate of drug-likeness (QED) is 0.524. The number of nitrogens with zero attached hydrogens (tertiary/aromatic N) is 2. The highest BCUT2D eigenvalue weighted by molar-refractivity contribution is 6.33. The SMILES string of the molecule is O=[N+]([O-])c1ccc2nc(-c3c(F)cccc3Cl)oc2c1. The van der Waals surface area contributed by atoms with E-state index in [2.05, 4.69) is 4.98 Å². The molecule has 7 heteroatoms. The Morgan fingerprint density at radius 2 is 2.10 bits per heavy atom. The number of aromatic nitrogens is 1. The average molecular weight is 293 g/mol. The Morgan fingerprint density at radius 3 is 2.80 bits per heavy atom. The number of benzene rings is 2. The highest BCUT2D eigenvalue weighted by Crippen LogP contribution is 2.33. The summed E-state index contributed by atoms with van der Waals surface area (Å²) in [6.07, 6.45) is 0. The van der Waals surface area contributed by atoms with Crippen LogP contribution in [-0.2, 0) is 0 Å². The van der Waals surface area contributed by atoms with Gasteiger partial charge in [0.1, 0.15) is 11.3 Å². The predicted molar refractivity (Wildman–Crippen MR) is 71.1 cm³/mol. The van der Waals surface area contributed by atoms with E-state index in [0.717, 1.165) is 0 Å². The maximum atomic E-state index is 13.8. The summed E-state index contributed by atoms with van der Waals surface area (Å²) in [7, 11) is 0. The van der Waals surface area contributed by atoms with E-state index >= 15 is 0 Å². The molecular formula is C13H6ClFN2O3. The molecule has 0 saturated heterocycles. The van der Waals surface area contributed by atoms with Crippen LogP contribution in [0.2, 0.25) is 5.02 Å². The number of fused-ring (bicyclic) bond motifs is 1. The molecule has 0 saturated carbocycles. The molecule has 0 unspecified atom stereocenters. The number of halogens is 2. The van der Waals surface area contributed by atoms with Crippen molar-refractivity contribution in [2.75, 3.05) is 0 Å². The minimum Gasteiger partial charge on any atom is -0.436 e. The van der Waals surface area contributed by atoms with Gasteiger partial charge in [0.25, 0.3) is 5.69 Å². The Hall–Kier alpha value is -2.47. The molecule has 5 nitrogen and oxygen atoms in total. The summed E-state index contributed by atoms with van der Waals surface area (Å²) in [6, 6.07) is 8.19. The lowest BCUT2D eigenvalue weighted by Crippen LogP contribution is -1.86. The summed E-state index contributed by atoms with van der Waals surface area (Å²) in [4.78, 5) is 14.2. The van der Waals surface area contributed by atoms with Crippen LogP contribution in [0.3, 0.4) is 0 Å². The van der Waals surface area contributed by atoms with Gasteiger partial charge in [0, 0.05) is 6.07 Å². The number of hydrogen-bond donors (Lipinski definition) is 0. The average Bonchev–Trinajstić information content (AvgIpc) is 2.80. The lowest BCUT2D eigenvalue weighted by Gasteiger charge is -1.99. The smallest absolute Gasteiger partial charge is 0.273 e. The second kappa shape index (κ2) is 4.57. The number of hydrogen-bond acceptors (Lipinski definition) is 4. The molecule has 100 valence electrons. The van der Waals surface area contributed by atoms with Gasteiger partial charge in [-0.1, -0.05) is 17.7 Å². The molecule has 0 radical (unpaired) electrons. The van der Waals surface area contributed by atoms with Gasteiger partial charge in [-0.25, -0.2) is 9.37 Å². The Labute approximate surface area is 116 Å². The molecule has 1 aromatic heterocycles. The fourth-order valence-corrected chi connectivity index (χ4v) is 2.08. The fraction of sp³-hybridized carbons (Fsp3) is 0. The third-order valence-electron chi connectivity index (χ3n) is 2.76. The standard InChI is InChI=1S/C13H6ClFN2O3/c14-8-2-1-3-9(15)12(8)13-16-10-5-4-7(17(18)19)6-11(10)20-13/h1-6H. The molecule has 3 aromatic rings. The first-order valence-electron chi connectivity index (χ1n) is 5.55. The number of nitro groups is 1. The molecule has 0 aliphatic carbocycles. The van der Waals surface area contributed by atoms with Crippen molar-refractivity contribution in [3.63, 3.8) is 0 Å². The van der Waals surface area contributed by atoms with E-state index in [1.54, 1.807) is 0 Å². The first-order valence-corrected chi connectivity index (χ1v) is 5.93. The van der Waals surface area contributed by atoms with Gasteiger partial charge >= 0.3 is 0 Å². The van der Waals surface area contributed by atoms with Gasteiger partial charge in [-0.3, -0.25) is 10.1 Å². The van der Waals surface area contributed by atoms with Crippen molar-refractivity contribution in [2.24, 2.45) is 0 Å². The number of non-ortho nitro benzene ring substituents is 1. The highest BCUT2D eigenvalue weighted by atomic mass is 35.5. The van der Waals surface area contributed by atoms with Crippen molar-refractivity contribution in [3.05, 3.63) is 57.4 Å². The van der Waals surface area contributed by atoms with Crippen LogP contribution in [0.15, 0.2) is 40.8 Å². The first kappa shape index (κ1) is 12.6. The molecule has 0 amide bonds. The third kappa shape index (κ3) is 2.00. The Bertz CT molecular complexity index is 811. The van der Waals surface area contributed by atoms with E-state index < -0.39 is 10.7 Å². The van der Waals surface area contributed by atoms with Crippen molar-refractivity contribution >= 4 is 28.4 Å². The molecule has 20 heavy (non-hydrogen) atoms. The van der Waals surface area contributed by atoms with Gasteiger partial charge in [-0.2, -0.15) is 0 Å². The second-order valence-corrected chi connectivity index (χ2v) is 4.43. The van der Waals surface area contributed by atoms with Crippen molar-refractivity contribution in [1.29, 1.82) is 0 Å². The van der Waals surface area contributed by atoms with Crippen molar-refractivity contribution in [1.82, 2.24) is 4.98 Å². The normalized spacial score (nSPS) is 10.9. The van der Waals surface area contributed by atoms with Gasteiger partial charge in [-0.15, -0.1) is 0 Å². The van der Waals surface area contributed by atoms with Crippen LogP contribution in [0.1, 0.15) is 0 Å². The number of oxazole rings is 1. The molecule has 0 bridgehead atoms. The molecule has 0 atom stereocenters. The van der Waals surface area contributed by atoms with E-state index in [1.165, 1.54) is 36.4 Å². The summed E-state index contributed by atoms with van der Waals surface area (Å²) in [5, 5.41) is 10.9. The number of rotatable bonds is 2. The van der Waals surface area contributed by atoms with Crippen LogP contribution in [-0.4, -0.2) is 9.91 Å². The van der Waals surface area contributed by atoms with E-state index in [-0.39, 0.29) is 27.7 Å². The zero-order chi connectivity index (χ0) is 14.3. The fourth-order valence-electron chi connectivity index (χ4n) is 1.84. The molecule has 1 heterocycles. The minimum absolute atomic E-state index is 0.0106. The molecule has 0 fully saturated rings. The van der Waals surface area contributed by atoms with Gasteiger partial charge in [0.2, 0.25) is 5.89 Å². The second-order valence-electron chi connectivity index (χ2n) is 4.02. The van der Waals surface area contributed by atoms with Gasteiger partial charge in [-0.05, 0) is 18.2 Å². The summed E-state index contributed by atoms with van der Waals surface area (Å²) in [5.74, 6) is -0.581. The zero-order valence-electron chi connectivity index (χ0n) is 9.84. The van der Waals surface area contributed by atoms with Crippen molar-refractivity contribution < 1.29 is 13.7 Å². The van der Waals surface area contributed by atoms with E-state index in [0.29, 0.717) is 5.52 Å². The summed E-state index contributed by atoms with van der Waals surface area (Å²) >= 11 is 5.93. The monoisotopic (exact) mass is 292 g/mol. The van der Waals surface area contributed by atoms with Crippen LogP contribution >= 0.6 is 11.6 Å². The third-order valence-corrected chi connectivity index (χ3v) is 3.07. The first-order chi connectivity index (χ1) is 9.56.